The van der Waals surface area contributed by atoms with Gasteiger partial charge in [0.25, 0.3) is 0 Å². The molecular weight excluding hydrogens is 328 g/mol. The summed E-state index contributed by atoms with van der Waals surface area (Å²) in [7, 11) is 1.43. The van der Waals surface area contributed by atoms with Crippen molar-refractivity contribution in [2.45, 2.75) is 44.4 Å². The minimum Gasteiger partial charge on any atom is -0.506 e. The molecule has 24 heavy (non-hydrogen) atoms. The Balaban J connectivity index is 2.33. The fourth-order valence-electron chi connectivity index (χ4n) is 1.99. The van der Waals surface area contributed by atoms with E-state index in [9.17, 15) is 5.11 Å². The van der Waals surface area contributed by atoms with Gasteiger partial charge >= 0.3 is 0 Å². The minimum atomic E-state index is -0.0486. The van der Waals surface area contributed by atoms with E-state index >= 15 is 0 Å². The standard InChI is InChI=1S/C16H22N4O3S/c1-6-11-14(24-23-22-5)15(19-17-11)20-18-12-9-10(16(2,3)4)7-8-13(12)21/h7-9,21H,6H2,1-5H3,(H,17,19). The van der Waals surface area contributed by atoms with Gasteiger partial charge in [0.05, 0.1) is 24.8 Å². The molecule has 1 aromatic carbocycles. The second kappa shape index (κ2) is 7.78. The fourth-order valence-corrected chi connectivity index (χ4v) is 2.58. The van der Waals surface area contributed by atoms with Gasteiger partial charge in [0.15, 0.2) is 0 Å². The molecular formula is C16H22N4O3S. The first kappa shape index (κ1) is 18.4. The van der Waals surface area contributed by atoms with E-state index in [-0.39, 0.29) is 11.2 Å². The summed E-state index contributed by atoms with van der Waals surface area (Å²) in [6.07, 6.45) is 0.739. The number of nitrogens with zero attached hydrogens (tertiary/aromatic N) is 3. The Hall–Kier alpha value is -1.90. The summed E-state index contributed by atoms with van der Waals surface area (Å²) in [6, 6.07) is 5.33. The van der Waals surface area contributed by atoms with E-state index in [0.717, 1.165) is 29.7 Å². The van der Waals surface area contributed by atoms with Gasteiger partial charge in [-0.3, -0.25) is 5.10 Å². The van der Waals surface area contributed by atoms with E-state index in [1.807, 2.05) is 19.1 Å². The van der Waals surface area contributed by atoms with Crippen LogP contribution < -0.4 is 0 Å². The zero-order valence-corrected chi connectivity index (χ0v) is 15.3. The molecule has 0 bridgehead atoms. The highest BCUT2D eigenvalue weighted by Gasteiger charge is 2.17. The normalized spacial score (nSPS) is 12.2. The Labute approximate surface area is 145 Å². The highest BCUT2D eigenvalue weighted by Crippen LogP contribution is 2.36. The lowest BCUT2D eigenvalue weighted by Crippen LogP contribution is -2.10. The van der Waals surface area contributed by atoms with Crippen LogP contribution in [0.4, 0.5) is 11.5 Å². The summed E-state index contributed by atoms with van der Waals surface area (Å²) in [5.41, 5.74) is 2.28. The van der Waals surface area contributed by atoms with Crippen LogP contribution in [0.2, 0.25) is 0 Å². The lowest BCUT2D eigenvalue weighted by Gasteiger charge is -2.19. The van der Waals surface area contributed by atoms with Crippen molar-refractivity contribution in [1.82, 2.24) is 10.2 Å². The van der Waals surface area contributed by atoms with Gasteiger partial charge in [-0.1, -0.05) is 33.8 Å². The van der Waals surface area contributed by atoms with E-state index in [1.54, 1.807) is 6.07 Å². The molecule has 130 valence electrons. The molecule has 2 N–H and O–H groups in total. The predicted octanol–water partition coefficient (Wildman–Crippen LogP) is 4.98. The van der Waals surface area contributed by atoms with Crippen LogP contribution in [-0.2, 0) is 21.1 Å². The van der Waals surface area contributed by atoms with Crippen molar-refractivity contribution >= 4 is 23.5 Å². The van der Waals surface area contributed by atoms with E-state index in [2.05, 4.69) is 46.1 Å². The van der Waals surface area contributed by atoms with Crippen molar-refractivity contribution < 1.29 is 14.3 Å². The maximum atomic E-state index is 10.0. The summed E-state index contributed by atoms with van der Waals surface area (Å²) in [6.45, 7) is 8.28. The van der Waals surface area contributed by atoms with Gasteiger partial charge in [-0.05, 0) is 29.5 Å². The number of H-pyrrole nitrogens is 1. The van der Waals surface area contributed by atoms with Gasteiger partial charge in [-0.15, -0.1) is 10.2 Å². The Bertz CT molecular complexity index is 723. The largest absolute Gasteiger partial charge is 0.506 e. The molecule has 7 nitrogen and oxygen atoms in total. The maximum Gasteiger partial charge on any atom is 0.211 e. The average Bonchev–Trinajstić information content (AvgIpc) is 2.92. The van der Waals surface area contributed by atoms with Crippen molar-refractivity contribution in [3.05, 3.63) is 29.5 Å². The first-order valence-electron chi connectivity index (χ1n) is 7.56. The van der Waals surface area contributed by atoms with Gasteiger partial charge < -0.3 is 5.11 Å². The molecule has 0 saturated heterocycles. The molecule has 0 spiro atoms. The quantitative estimate of drug-likeness (QED) is 0.332. The molecule has 0 saturated carbocycles. The van der Waals surface area contributed by atoms with E-state index in [1.165, 1.54) is 7.11 Å². The number of benzene rings is 1. The van der Waals surface area contributed by atoms with Crippen LogP contribution >= 0.6 is 12.0 Å². The van der Waals surface area contributed by atoms with Crippen LogP contribution in [0.25, 0.3) is 0 Å². The lowest BCUT2D eigenvalue weighted by atomic mass is 9.87. The van der Waals surface area contributed by atoms with Gasteiger partial charge in [-0.2, -0.15) is 9.43 Å². The van der Waals surface area contributed by atoms with E-state index in [0.29, 0.717) is 16.4 Å². The Morgan fingerprint density at radius 3 is 2.67 bits per heavy atom. The molecule has 0 aliphatic heterocycles. The van der Waals surface area contributed by atoms with Crippen LogP contribution in [-0.4, -0.2) is 22.4 Å². The zero-order valence-electron chi connectivity index (χ0n) is 14.5. The first-order chi connectivity index (χ1) is 11.4. The molecule has 2 aromatic rings. The number of nitrogens with one attached hydrogen (secondary N) is 1. The summed E-state index contributed by atoms with van der Waals surface area (Å²) >= 11 is 1.02. The molecule has 8 heteroatoms. The number of phenolic OH excluding ortho intramolecular Hbond substituents is 1. The number of hydrogen-bond acceptors (Lipinski definition) is 7. The molecule has 0 atom stereocenters. The number of rotatable bonds is 6. The second-order valence-electron chi connectivity index (χ2n) is 6.18. The molecule has 0 aliphatic rings. The first-order valence-corrected chi connectivity index (χ1v) is 8.30. The van der Waals surface area contributed by atoms with Crippen molar-refractivity contribution in [2.24, 2.45) is 10.2 Å². The highest BCUT2D eigenvalue weighted by molar-refractivity contribution is 7.94. The second-order valence-corrected chi connectivity index (χ2v) is 6.89. The van der Waals surface area contributed by atoms with Crippen molar-refractivity contribution in [3.8, 4) is 5.75 Å². The number of azo groups is 1. The average molecular weight is 350 g/mol. The Morgan fingerprint density at radius 2 is 2.04 bits per heavy atom. The number of aromatic nitrogens is 2. The number of aromatic hydroxyl groups is 1. The smallest absolute Gasteiger partial charge is 0.211 e. The summed E-state index contributed by atoms with van der Waals surface area (Å²) in [5.74, 6) is 0.454. The van der Waals surface area contributed by atoms with Gasteiger partial charge in [0, 0.05) is 0 Å². The van der Waals surface area contributed by atoms with Crippen LogP contribution in [0.5, 0.6) is 5.75 Å². The van der Waals surface area contributed by atoms with Gasteiger partial charge in [0.2, 0.25) is 5.82 Å². The SMILES string of the molecule is CCc1[nH]nc(N=Nc2cc(C(C)(C)C)ccc2O)c1SOOC. The third-order valence-electron chi connectivity index (χ3n) is 3.41. The number of aromatic amines is 1. The minimum absolute atomic E-state index is 0.0486. The number of hydrogen-bond donors (Lipinski definition) is 2. The molecule has 0 aliphatic carbocycles. The molecule has 2 rings (SSSR count). The van der Waals surface area contributed by atoms with Gasteiger partial charge in [-0.25, -0.2) is 4.89 Å². The van der Waals surface area contributed by atoms with E-state index < -0.39 is 0 Å². The van der Waals surface area contributed by atoms with Crippen LogP contribution in [0.3, 0.4) is 0 Å². The van der Waals surface area contributed by atoms with Crippen LogP contribution in [0.1, 0.15) is 39.0 Å². The third kappa shape index (κ3) is 4.34. The fraction of sp³-hybridized carbons (Fsp3) is 0.438. The van der Waals surface area contributed by atoms with Crippen LogP contribution in [0, 0.1) is 0 Å². The Morgan fingerprint density at radius 1 is 1.29 bits per heavy atom. The van der Waals surface area contributed by atoms with E-state index in [4.69, 9.17) is 4.33 Å². The molecule has 0 fully saturated rings. The van der Waals surface area contributed by atoms with Crippen LogP contribution in [0.15, 0.2) is 33.3 Å². The molecule has 1 aromatic heterocycles. The summed E-state index contributed by atoms with van der Waals surface area (Å²) < 4.78 is 4.91. The molecule has 0 amide bonds. The molecule has 0 radical (unpaired) electrons. The van der Waals surface area contributed by atoms with Gasteiger partial charge in [0.1, 0.15) is 16.3 Å². The number of aryl methyl sites for hydroxylation is 1. The highest BCUT2D eigenvalue weighted by atomic mass is 32.2. The number of phenols is 1. The molecule has 1 heterocycles. The molecule has 0 unspecified atom stereocenters. The topological polar surface area (TPSA) is 92.1 Å². The summed E-state index contributed by atoms with van der Waals surface area (Å²) in [5, 5.41) is 25.3. The zero-order chi connectivity index (χ0) is 17.7. The van der Waals surface area contributed by atoms with Crippen molar-refractivity contribution in [1.29, 1.82) is 0 Å². The van der Waals surface area contributed by atoms with Crippen molar-refractivity contribution in [2.75, 3.05) is 7.11 Å². The monoisotopic (exact) mass is 350 g/mol. The predicted molar refractivity (Wildman–Crippen MR) is 92.9 cm³/mol. The van der Waals surface area contributed by atoms with Crippen molar-refractivity contribution in [3.63, 3.8) is 0 Å². The third-order valence-corrected chi connectivity index (χ3v) is 4.21. The lowest BCUT2D eigenvalue weighted by molar-refractivity contribution is -0.160. The summed E-state index contributed by atoms with van der Waals surface area (Å²) in [4.78, 5) is 5.32. The Kier molecular flexibility index (Phi) is 5.98. The maximum absolute atomic E-state index is 10.0.